The molecule has 25 heavy (non-hydrogen) atoms. The van der Waals surface area contributed by atoms with Gasteiger partial charge in [-0.05, 0) is 31.9 Å². The fourth-order valence-electron chi connectivity index (χ4n) is 2.99. The molecule has 0 unspecified atom stereocenters. The quantitative estimate of drug-likeness (QED) is 0.610. The molecule has 3 rings (SSSR count). The number of nitrogens with zero attached hydrogens (tertiary/aromatic N) is 4. The Morgan fingerprint density at radius 2 is 2.00 bits per heavy atom. The van der Waals surface area contributed by atoms with Crippen LogP contribution < -0.4 is 0 Å². The monoisotopic (exact) mass is 342 g/mol. The van der Waals surface area contributed by atoms with Gasteiger partial charge in [-0.3, -0.25) is 4.68 Å². The van der Waals surface area contributed by atoms with Crippen LogP contribution in [-0.4, -0.2) is 35.6 Å². The van der Waals surface area contributed by atoms with Crippen molar-refractivity contribution in [2.45, 2.75) is 25.7 Å². The first kappa shape index (κ1) is 17.3. The number of rotatable bonds is 5. The molecule has 0 spiro atoms. The Balaban J connectivity index is 2.01. The minimum atomic E-state index is -0.474. The van der Waals surface area contributed by atoms with E-state index in [1.165, 1.54) is 0 Å². The number of ether oxygens (including phenoxy) is 2. The maximum absolute atomic E-state index is 12.3. The lowest BCUT2D eigenvalue weighted by Crippen LogP contribution is -2.16. The van der Waals surface area contributed by atoms with E-state index in [1.807, 2.05) is 37.4 Å². The molecule has 132 valence electrons. The van der Waals surface area contributed by atoms with Gasteiger partial charge in [0.2, 0.25) is 0 Å². The van der Waals surface area contributed by atoms with Crippen LogP contribution in [0.2, 0.25) is 0 Å². The Morgan fingerprint density at radius 1 is 1.28 bits per heavy atom. The van der Waals surface area contributed by atoms with Crippen molar-refractivity contribution in [2.24, 2.45) is 17.3 Å². The summed E-state index contributed by atoms with van der Waals surface area (Å²) in [5.74, 6) is -0.238. The Kier molecular flexibility index (Phi) is 5.55. The molecule has 0 N–H and O–H groups in total. The van der Waals surface area contributed by atoms with Crippen LogP contribution in [0.25, 0.3) is 0 Å². The molecule has 1 saturated heterocycles. The van der Waals surface area contributed by atoms with Gasteiger partial charge in [-0.25, -0.2) is 4.79 Å². The Morgan fingerprint density at radius 3 is 2.68 bits per heavy atom. The molecule has 1 aliphatic heterocycles. The number of esters is 1. The van der Waals surface area contributed by atoms with Crippen LogP contribution in [0.5, 0.6) is 0 Å². The van der Waals surface area contributed by atoms with Gasteiger partial charge in [-0.15, -0.1) is 5.11 Å². The summed E-state index contributed by atoms with van der Waals surface area (Å²) >= 11 is 0. The van der Waals surface area contributed by atoms with Gasteiger partial charge in [0.15, 0.2) is 5.69 Å². The van der Waals surface area contributed by atoms with Crippen LogP contribution in [-0.2, 0) is 16.5 Å². The highest BCUT2D eigenvalue weighted by molar-refractivity contribution is 5.93. The number of aryl methyl sites for hydroxylation is 1. The van der Waals surface area contributed by atoms with E-state index in [1.54, 1.807) is 11.6 Å². The first-order valence-electron chi connectivity index (χ1n) is 8.49. The highest BCUT2D eigenvalue weighted by Gasteiger charge is 2.29. The molecule has 1 fully saturated rings. The molecule has 0 radical (unpaired) electrons. The summed E-state index contributed by atoms with van der Waals surface area (Å²) in [4.78, 5) is 12.3. The van der Waals surface area contributed by atoms with Crippen molar-refractivity contribution in [2.75, 3.05) is 19.8 Å². The predicted octanol–water partition coefficient (Wildman–Crippen LogP) is 3.91. The molecule has 2 aromatic rings. The molecular weight excluding hydrogens is 320 g/mol. The highest BCUT2D eigenvalue weighted by Crippen LogP contribution is 2.37. The summed E-state index contributed by atoms with van der Waals surface area (Å²) < 4.78 is 12.3. The first-order chi connectivity index (χ1) is 12.2. The van der Waals surface area contributed by atoms with Crippen molar-refractivity contribution in [3.63, 3.8) is 0 Å². The molecule has 1 aromatic heterocycles. The summed E-state index contributed by atoms with van der Waals surface area (Å²) in [7, 11) is 1.83. The fraction of sp³-hybridized carbons (Fsp3) is 0.444. The van der Waals surface area contributed by atoms with Crippen LogP contribution in [0.3, 0.4) is 0 Å². The zero-order valence-corrected chi connectivity index (χ0v) is 14.5. The second-order valence-corrected chi connectivity index (χ2v) is 5.85. The number of carbonyl (C=O) groups excluding carboxylic acids is 1. The standard InChI is InChI=1S/C18H22N4O3/c1-3-25-18(23)16-15(20-19-14-7-5-4-6-8-14)17(22(2)21-16)13-9-11-24-12-10-13/h4-8,13H,3,9-12H2,1-2H3/b20-19+. The number of azo groups is 1. The summed E-state index contributed by atoms with van der Waals surface area (Å²) in [5, 5.41) is 13.0. The van der Waals surface area contributed by atoms with E-state index in [2.05, 4.69) is 15.3 Å². The largest absolute Gasteiger partial charge is 0.461 e. The van der Waals surface area contributed by atoms with E-state index in [0.717, 1.165) is 24.2 Å². The van der Waals surface area contributed by atoms with Gasteiger partial charge in [0.25, 0.3) is 0 Å². The van der Waals surface area contributed by atoms with Crippen LogP contribution in [0.1, 0.15) is 41.9 Å². The van der Waals surface area contributed by atoms with Crippen molar-refractivity contribution in [3.05, 3.63) is 41.7 Å². The predicted molar refractivity (Wildman–Crippen MR) is 92.6 cm³/mol. The van der Waals surface area contributed by atoms with Gasteiger partial charge >= 0.3 is 5.97 Å². The van der Waals surface area contributed by atoms with E-state index >= 15 is 0 Å². The number of aromatic nitrogens is 2. The maximum Gasteiger partial charge on any atom is 0.361 e. The molecule has 2 heterocycles. The SMILES string of the molecule is CCOC(=O)c1nn(C)c(C2CCOCC2)c1/N=N/c1ccccc1. The summed E-state index contributed by atoms with van der Waals surface area (Å²) in [5.41, 5.74) is 2.34. The van der Waals surface area contributed by atoms with E-state index in [4.69, 9.17) is 9.47 Å². The van der Waals surface area contributed by atoms with Crippen molar-refractivity contribution >= 4 is 17.3 Å². The summed E-state index contributed by atoms with van der Waals surface area (Å²) in [6.07, 6.45) is 1.74. The molecule has 0 aliphatic carbocycles. The molecule has 0 atom stereocenters. The van der Waals surface area contributed by atoms with Crippen molar-refractivity contribution in [3.8, 4) is 0 Å². The first-order valence-corrected chi connectivity index (χ1v) is 8.49. The summed E-state index contributed by atoms with van der Waals surface area (Å²) in [6, 6.07) is 9.42. The van der Waals surface area contributed by atoms with Gasteiger partial charge in [-0.1, -0.05) is 18.2 Å². The van der Waals surface area contributed by atoms with Crippen molar-refractivity contribution < 1.29 is 14.3 Å². The molecular formula is C18H22N4O3. The molecule has 7 heteroatoms. The van der Waals surface area contributed by atoms with E-state index in [-0.39, 0.29) is 18.2 Å². The Labute approximate surface area is 146 Å². The zero-order chi connectivity index (χ0) is 17.6. The smallest absolute Gasteiger partial charge is 0.361 e. The van der Waals surface area contributed by atoms with Gasteiger partial charge in [-0.2, -0.15) is 10.2 Å². The van der Waals surface area contributed by atoms with E-state index in [9.17, 15) is 4.79 Å². The number of hydrogen-bond acceptors (Lipinski definition) is 6. The lowest BCUT2D eigenvalue weighted by molar-refractivity contribution is 0.0519. The highest BCUT2D eigenvalue weighted by atomic mass is 16.5. The van der Waals surface area contributed by atoms with Crippen LogP contribution in [0, 0.1) is 0 Å². The molecule has 0 saturated carbocycles. The lowest BCUT2D eigenvalue weighted by Gasteiger charge is -2.22. The zero-order valence-electron chi connectivity index (χ0n) is 14.5. The third-order valence-corrected chi connectivity index (χ3v) is 4.16. The molecule has 0 amide bonds. The topological polar surface area (TPSA) is 78.1 Å². The Hall–Kier alpha value is -2.54. The fourth-order valence-corrected chi connectivity index (χ4v) is 2.99. The van der Waals surface area contributed by atoms with Crippen molar-refractivity contribution in [1.29, 1.82) is 0 Å². The summed E-state index contributed by atoms with van der Waals surface area (Å²) in [6.45, 7) is 3.45. The number of carbonyl (C=O) groups is 1. The average molecular weight is 342 g/mol. The van der Waals surface area contributed by atoms with Gasteiger partial charge in [0.05, 0.1) is 18.0 Å². The molecule has 1 aromatic carbocycles. The van der Waals surface area contributed by atoms with Crippen molar-refractivity contribution in [1.82, 2.24) is 9.78 Å². The van der Waals surface area contributed by atoms with Gasteiger partial charge < -0.3 is 9.47 Å². The minimum absolute atomic E-state index is 0.213. The second kappa shape index (κ2) is 8.02. The lowest BCUT2D eigenvalue weighted by atomic mass is 9.95. The van der Waals surface area contributed by atoms with Gasteiger partial charge in [0, 0.05) is 26.2 Å². The number of benzene rings is 1. The van der Waals surface area contributed by atoms with Gasteiger partial charge in [0.1, 0.15) is 5.69 Å². The third-order valence-electron chi connectivity index (χ3n) is 4.16. The normalized spacial score (nSPS) is 15.6. The van der Waals surface area contributed by atoms with Crippen LogP contribution >= 0.6 is 0 Å². The Bertz CT molecular complexity index is 749. The third kappa shape index (κ3) is 3.93. The second-order valence-electron chi connectivity index (χ2n) is 5.85. The molecule has 1 aliphatic rings. The molecule has 7 nitrogen and oxygen atoms in total. The van der Waals surface area contributed by atoms with E-state index < -0.39 is 5.97 Å². The van der Waals surface area contributed by atoms with Crippen LogP contribution in [0.4, 0.5) is 11.4 Å². The van der Waals surface area contributed by atoms with Crippen LogP contribution in [0.15, 0.2) is 40.6 Å². The average Bonchev–Trinajstić information content (AvgIpc) is 2.98. The van der Waals surface area contributed by atoms with E-state index in [0.29, 0.717) is 18.9 Å². The maximum atomic E-state index is 12.3. The minimum Gasteiger partial charge on any atom is -0.461 e. The molecule has 0 bridgehead atoms. The number of hydrogen-bond donors (Lipinski definition) is 0.